The molecule has 1 saturated heterocycles. The molecule has 1 aromatic rings. The summed E-state index contributed by atoms with van der Waals surface area (Å²) in [4.78, 5) is 20.1. The average Bonchev–Trinajstić information content (AvgIpc) is 3.67. The molecule has 53 heavy (non-hydrogen) atoms. The van der Waals surface area contributed by atoms with Gasteiger partial charge in [0.25, 0.3) is 0 Å². The third-order valence-corrected chi connectivity index (χ3v) is 9.84. The van der Waals surface area contributed by atoms with E-state index in [9.17, 15) is 9.90 Å². The molecule has 0 aromatic heterocycles. The van der Waals surface area contributed by atoms with Crippen LogP contribution in [0.1, 0.15) is 119 Å². The van der Waals surface area contributed by atoms with Crippen LogP contribution in [0.3, 0.4) is 0 Å². The number of para-hydroxylation sites is 1. The van der Waals surface area contributed by atoms with Crippen molar-refractivity contribution in [2.45, 2.75) is 132 Å². The Bertz CT molecular complexity index is 1200. The smallest absolute Gasteiger partial charge is 0.236 e. The number of nitrogens with zero attached hydrogens (tertiary/aromatic N) is 4. The van der Waals surface area contributed by atoms with Gasteiger partial charge in [-0.25, -0.2) is 0 Å². The molecular formula is C45H81N4O4+. The van der Waals surface area contributed by atoms with Crippen molar-refractivity contribution in [3.8, 4) is 12.8 Å². The number of likely N-dealkylation sites (tertiary alicyclic amines) is 1. The normalized spacial score (nSPS) is 18.7. The number of aliphatic hydroxyl groups is 1. The van der Waals surface area contributed by atoms with Gasteiger partial charge in [-0.15, -0.1) is 12.8 Å². The molecule has 1 amide bonds. The number of benzene rings is 1. The van der Waals surface area contributed by atoms with Crippen LogP contribution in [0.25, 0.3) is 0 Å². The van der Waals surface area contributed by atoms with Crippen LogP contribution in [0, 0.1) is 18.8 Å². The first-order chi connectivity index (χ1) is 25.4. The van der Waals surface area contributed by atoms with Crippen molar-refractivity contribution < 1.29 is 23.9 Å². The molecule has 0 radical (unpaired) electrons. The number of allylic oxidation sites excluding steroid dienone is 3. The van der Waals surface area contributed by atoms with Gasteiger partial charge in [0, 0.05) is 50.7 Å². The molecule has 0 bridgehead atoms. The number of aliphatic hydroxyl groups excluding tert-OH is 1. The summed E-state index contributed by atoms with van der Waals surface area (Å²) in [5, 5.41) is 10.6. The Morgan fingerprint density at radius 1 is 1.04 bits per heavy atom. The highest BCUT2D eigenvalue weighted by Gasteiger charge is 2.34. The number of methoxy groups -OCH3 is 1. The number of ether oxygens (including phenoxy) is 2. The number of unbranched alkanes of at least 4 members (excludes halogenated alkanes) is 3. The van der Waals surface area contributed by atoms with Gasteiger partial charge in [-0.1, -0.05) is 78.7 Å². The van der Waals surface area contributed by atoms with Crippen molar-refractivity contribution in [3.63, 3.8) is 0 Å². The lowest BCUT2D eigenvalue weighted by Gasteiger charge is -2.31. The average molecular weight is 742 g/mol. The summed E-state index contributed by atoms with van der Waals surface area (Å²) < 4.78 is 12.1. The lowest BCUT2D eigenvalue weighted by Crippen LogP contribution is -2.44. The summed E-state index contributed by atoms with van der Waals surface area (Å²) in [6.45, 7) is 22.8. The third-order valence-electron chi connectivity index (χ3n) is 9.84. The molecule has 2 aliphatic heterocycles. The highest BCUT2D eigenvalue weighted by molar-refractivity contribution is 5.78. The highest BCUT2D eigenvalue weighted by Crippen LogP contribution is 2.33. The minimum Gasteiger partial charge on any atom is -0.497 e. The van der Waals surface area contributed by atoms with Crippen LogP contribution < -0.4 is 4.90 Å². The summed E-state index contributed by atoms with van der Waals surface area (Å²) in [5.41, 5.74) is 3.55. The van der Waals surface area contributed by atoms with Crippen LogP contribution >= 0.6 is 0 Å². The van der Waals surface area contributed by atoms with Gasteiger partial charge < -0.3 is 28.9 Å². The molecule has 2 aliphatic rings. The fraction of sp³-hybridized carbons (Fsp3) is 0.711. The number of carbonyl (C=O) groups is 1. The van der Waals surface area contributed by atoms with Crippen LogP contribution in [-0.4, -0.2) is 112 Å². The Hall–Kier alpha value is -2.99. The number of rotatable bonds is 20. The van der Waals surface area contributed by atoms with E-state index >= 15 is 0 Å². The van der Waals surface area contributed by atoms with Crippen molar-refractivity contribution in [2.75, 3.05) is 79.0 Å². The number of hydrogen-bond acceptors (Lipinski definition) is 6. The van der Waals surface area contributed by atoms with Crippen LogP contribution in [0.15, 0.2) is 47.4 Å². The molecule has 1 fully saturated rings. The van der Waals surface area contributed by atoms with Gasteiger partial charge in [0.15, 0.2) is 5.76 Å². The van der Waals surface area contributed by atoms with Gasteiger partial charge in [-0.3, -0.25) is 9.69 Å². The summed E-state index contributed by atoms with van der Waals surface area (Å²) in [6, 6.07) is 8.75. The van der Waals surface area contributed by atoms with Gasteiger partial charge in [0.2, 0.25) is 5.91 Å². The maximum Gasteiger partial charge on any atom is 0.236 e. The second kappa shape index (κ2) is 28.5. The predicted molar refractivity (Wildman–Crippen MR) is 227 cm³/mol. The Morgan fingerprint density at radius 3 is 2.26 bits per heavy atom. The predicted octanol–water partition coefficient (Wildman–Crippen LogP) is 8.90. The number of anilines is 1. The number of hydrogen-bond donors (Lipinski definition) is 1. The Labute approximate surface area is 327 Å². The summed E-state index contributed by atoms with van der Waals surface area (Å²) in [5.74, 6) is 2.75. The molecule has 3 atom stereocenters. The van der Waals surface area contributed by atoms with Crippen molar-refractivity contribution in [2.24, 2.45) is 5.92 Å². The van der Waals surface area contributed by atoms with E-state index in [4.69, 9.17) is 9.47 Å². The molecule has 1 N–H and O–H groups in total. The third kappa shape index (κ3) is 18.7. The van der Waals surface area contributed by atoms with Gasteiger partial charge in [-0.2, -0.15) is 0 Å². The maximum absolute atomic E-state index is 13.4. The minimum absolute atomic E-state index is 0.296. The minimum atomic E-state index is -0.428. The molecule has 3 rings (SSSR count). The van der Waals surface area contributed by atoms with Crippen molar-refractivity contribution in [1.82, 2.24) is 9.80 Å². The molecular weight excluding hydrogens is 661 g/mol. The number of carbonyl (C=O) groups excluding carboxylic acids is 1. The number of fused-ring (bicyclic) bond motifs is 1. The second-order valence-electron chi connectivity index (χ2n) is 15.2. The van der Waals surface area contributed by atoms with Gasteiger partial charge in [0.05, 0.1) is 47.9 Å². The zero-order chi connectivity index (χ0) is 40.4. The molecule has 304 valence electrons. The van der Waals surface area contributed by atoms with Crippen LogP contribution in [0.5, 0.6) is 0 Å². The zero-order valence-electron chi connectivity index (χ0n) is 36.3. The van der Waals surface area contributed by atoms with Crippen molar-refractivity contribution >= 4 is 11.6 Å². The molecule has 8 nitrogen and oxygen atoms in total. The largest absolute Gasteiger partial charge is 0.497 e. The topological polar surface area (TPSA) is 65.5 Å². The van der Waals surface area contributed by atoms with E-state index in [0.29, 0.717) is 30.8 Å². The number of terminal acetylenes is 1. The fourth-order valence-electron chi connectivity index (χ4n) is 6.85. The summed E-state index contributed by atoms with van der Waals surface area (Å²) in [6.07, 6.45) is 20.0. The Balaban J connectivity index is 0.00000120. The monoisotopic (exact) mass is 742 g/mol. The molecule has 8 heteroatoms. The van der Waals surface area contributed by atoms with Crippen molar-refractivity contribution in [1.29, 1.82) is 0 Å². The van der Waals surface area contributed by atoms with Gasteiger partial charge in [-0.05, 0) is 75.5 Å². The van der Waals surface area contributed by atoms with E-state index in [-0.39, 0.29) is 0 Å². The molecule has 0 saturated carbocycles. The lowest BCUT2D eigenvalue weighted by molar-refractivity contribution is -0.870. The molecule has 2 heterocycles. The quantitative estimate of drug-likeness (QED) is 0.0474. The van der Waals surface area contributed by atoms with Crippen LogP contribution in [0.2, 0.25) is 0 Å². The number of quaternary nitrogens is 1. The first kappa shape index (κ1) is 50.0. The van der Waals surface area contributed by atoms with E-state index in [2.05, 4.69) is 108 Å². The first-order valence-electron chi connectivity index (χ1n) is 20.6. The van der Waals surface area contributed by atoms with E-state index in [1.165, 1.54) is 11.3 Å². The Morgan fingerprint density at radius 2 is 1.68 bits per heavy atom. The van der Waals surface area contributed by atoms with E-state index < -0.39 is 6.23 Å². The summed E-state index contributed by atoms with van der Waals surface area (Å²) in [7, 11) is 8.39. The highest BCUT2D eigenvalue weighted by atomic mass is 16.5. The Kier molecular flexibility index (Phi) is 26.8. The van der Waals surface area contributed by atoms with E-state index in [0.717, 1.165) is 119 Å². The molecule has 0 spiro atoms. The lowest BCUT2D eigenvalue weighted by atomic mass is 10.1. The van der Waals surface area contributed by atoms with Crippen LogP contribution in [0.4, 0.5) is 5.69 Å². The van der Waals surface area contributed by atoms with Crippen molar-refractivity contribution in [3.05, 3.63) is 53.0 Å². The fourth-order valence-corrected chi connectivity index (χ4v) is 6.85. The SMILES string of the molecule is C#C.C/C=C(C)\C(OCCCC)=C(/CC)OC.CC.CCCCN(CCCC[N+](C)(C)C)C(=O)CN1CC(C)C[C@@H]1CCN1c2ccccc2CC1O. The van der Waals surface area contributed by atoms with E-state index in [1.807, 2.05) is 26.8 Å². The van der Waals surface area contributed by atoms with Gasteiger partial charge >= 0.3 is 0 Å². The molecule has 1 aromatic carbocycles. The van der Waals surface area contributed by atoms with Crippen LogP contribution in [-0.2, 0) is 20.7 Å². The first-order valence-corrected chi connectivity index (χ1v) is 20.6. The van der Waals surface area contributed by atoms with Gasteiger partial charge in [0.1, 0.15) is 12.0 Å². The maximum atomic E-state index is 13.4. The number of amides is 1. The summed E-state index contributed by atoms with van der Waals surface area (Å²) >= 11 is 0. The molecule has 2 unspecified atom stereocenters. The molecule has 0 aliphatic carbocycles. The second-order valence-corrected chi connectivity index (χ2v) is 15.2. The zero-order valence-corrected chi connectivity index (χ0v) is 36.3. The van der Waals surface area contributed by atoms with E-state index in [1.54, 1.807) is 7.11 Å². The standard InChI is InChI=1S/C28H49N4O2.C13H24O2.C2H6.C2H2/c1-6-7-15-29(16-10-11-18-32(3,4)5)28(34)22-30-21-23(2)19-25(30)14-17-31-26-13-9-8-12-24(26)20-27(31)33;1-6-9-10-15-13(11(4)7-2)12(8-3)14-5;2*1-2/h8-9,12-13,23,25,27,33H,6-7,10-11,14-22H2,1-5H3;7H,6,8-10H2,1-5H3;1-2H3;1-2H/q+1;;;/b;11-7-,13-12-;;/t23?,25-,27?;;;/m0.../s1.